The molecule has 1 aromatic carbocycles. The first kappa shape index (κ1) is 16.2. The third-order valence-corrected chi connectivity index (χ3v) is 5.70. The number of benzene rings is 1. The molecule has 1 aliphatic heterocycles. The second-order valence-corrected chi connectivity index (χ2v) is 7.38. The molecule has 1 atom stereocenters. The minimum atomic E-state index is -0.0221. The average Bonchev–Trinajstić information content (AvgIpc) is 3.21. The average molecular weight is 370 g/mol. The molecular weight excluding hydrogens is 354 g/mol. The summed E-state index contributed by atoms with van der Waals surface area (Å²) in [5, 5.41) is 3.81. The quantitative estimate of drug-likeness (QED) is 0.735. The number of pyridine rings is 1. The highest BCUT2D eigenvalue weighted by Crippen LogP contribution is 2.41. The number of thioether (sulfide) groups is 1. The molecule has 0 saturated heterocycles. The first-order valence-corrected chi connectivity index (χ1v) is 9.39. The van der Waals surface area contributed by atoms with E-state index in [4.69, 9.17) is 11.6 Å². The molecule has 0 bridgehead atoms. The lowest BCUT2D eigenvalue weighted by molar-refractivity contribution is -0.115. The van der Waals surface area contributed by atoms with Crippen LogP contribution in [0.2, 0.25) is 5.02 Å². The SMILES string of the molecule is O=C(Cc1ccn2c1CSC2c1cccnc1)Nc1ccc(Cl)cc1. The highest BCUT2D eigenvalue weighted by molar-refractivity contribution is 7.99. The monoisotopic (exact) mass is 369 g/mol. The Morgan fingerprint density at radius 3 is 2.88 bits per heavy atom. The molecule has 3 heterocycles. The van der Waals surface area contributed by atoms with Crippen LogP contribution in [-0.4, -0.2) is 15.5 Å². The number of anilines is 1. The maximum absolute atomic E-state index is 12.3. The van der Waals surface area contributed by atoms with Crippen LogP contribution in [0.5, 0.6) is 0 Å². The summed E-state index contributed by atoms with van der Waals surface area (Å²) in [6.07, 6.45) is 6.12. The van der Waals surface area contributed by atoms with E-state index in [0.29, 0.717) is 11.4 Å². The Hall–Kier alpha value is -2.24. The van der Waals surface area contributed by atoms with Crippen molar-refractivity contribution in [3.05, 3.63) is 82.9 Å². The fourth-order valence-corrected chi connectivity index (χ4v) is 4.46. The number of aromatic nitrogens is 2. The van der Waals surface area contributed by atoms with E-state index < -0.39 is 0 Å². The fraction of sp³-hybridized carbons (Fsp3) is 0.158. The van der Waals surface area contributed by atoms with Gasteiger partial charge in [-0.1, -0.05) is 17.7 Å². The zero-order chi connectivity index (χ0) is 17.2. The van der Waals surface area contributed by atoms with E-state index in [1.807, 2.05) is 30.1 Å². The van der Waals surface area contributed by atoms with Crippen molar-refractivity contribution < 1.29 is 4.79 Å². The minimum Gasteiger partial charge on any atom is -0.334 e. The number of nitrogens with zero attached hydrogens (tertiary/aromatic N) is 2. The highest BCUT2D eigenvalue weighted by Gasteiger charge is 2.26. The van der Waals surface area contributed by atoms with E-state index in [1.54, 1.807) is 30.5 Å². The number of carbonyl (C=O) groups is 1. The van der Waals surface area contributed by atoms with Crippen LogP contribution in [-0.2, 0) is 17.0 Å². The Bertz CT molecular complexity index is 893. The number of halogens is 1. The van der Waals surface area contributed by atoms with Gasteiger partial charge in [-0.3, -0.25) is 9.78 Å². The van der Waals surface area contributed by atoms with Gasteiger partial charge in [0.2, 0.25) is 5.91 Å². The van der Waals surface area contributed by atoms with Gasteiger partial charge in [0.15, 0.2) is 0 Å². The van der Waals surface area contributed by atoms with Gasteiger partial charge in [-0.25, -0.2) is 0 Å². The van der Waals surface area contributed by atoms with E-state index in [-0.39, 0.29) is 11.3 Å². The Kier molecular flexibility index (Phi) is 4.51. The van der Waals surface area contributed by atoms with E-state index in [1.165, 1.54) is 11.3 Å². The van der Waals surface area contributed by atoms with Crippen molar-refractivity contribution in [3.8, 4) is 0 Å². The number of carbonyl (C=O) groups excluding carboxylic acids is 1. The molecule has 3 aromatic rings. The van der Waals surface area contributed by atoms with Crippen LogP contribution < -0.4 is 5.32 Å². The molecule has 0 fully saturated rings. The normalized spacial score (nSPS) is 15.8. The zero-order valence-corrected chi connectivity index (χ0v) is 14.9. The molecule has 1 N–H and O–H groups in total. The summed E-state index contributed by atoms with van der Waals surface area (Å²) in [5.41, 5.74) is 4.22. The lowest BCUT2D eigenvalue weighted by Crippen LogP contribution is -2.15. The Morgan fingerprint density at radius 1 is 1.28 bits per heavy atom. The number of amides is 1. The number of fused-ring (bicyclic) bond motifs is 1. The Morgan fingerprint density at radius 2 is 2.12 bits per heavy atom. The number of hydrogen-bond acceptors (Lipinski definition) is 3. The second-order valence-electron chi connectivity index (χ2n) is 5.88. The van der Waals surface area contributed by atoms with E-state index >= 15 is 0 Å². The molecule has 1 aliphatic rings. The molecule has 0 aliphatic carbocycles. The smallest absolute Gasteiger partial charge is 0.228 e. The van der Waals surface area contributed by atoms with Crippen molar-refractivity contribution in [2.24, 2.45) is 0 Å². The standard InChI is InChI=1S/C19H16ClN3OS/c20-15-3-5-16(6-4-15)22-18(24)10-13-7-9-23-17(13)12-25-19(23)14-2-1-8-21-11-14/h1-9,11,19H,10,12H2,(H,22,24). The fourth-order valence-electron chi connectivity index (χ4n) is 3.00. The van der Waals surface area contributed by atoms with Crippen molar-refractivity contribution in [1.29, 1.82) is 0 Å². The summed E-state index contributed by atoms with van der Waals surface area (Å²) in [5.74, 6) is 0.877. The van der Waals surface area contributed by atoms with Crippen molar-refractivity contribution in [2.75, 3.05) is 5.32 Å². The van der Waals surface area contributed by atoms with Gasteiger partial charge in [0.25, 0.3) is 0 Å². The first-order valence-electron chi connectivity index (χ1n) is 7.96. The van der Waals surface area contributed by atoms with Gasteiger partial charge in [0.05, 0.1) is 6.42 Å². The second kappa shape index (κ2) is 6.94. The van der Waals surface area contributed by atoms with Crippen LogP contribution in [0.1, 0.15) is 22.2 Å². The number of hydrogen-bond donors (Lipinski definition) is 1. The van der Waals surface area contributed by atoms with E-state index in [0.717, 1.165) is 17.0 Å². The topological polar surface area (TPSA) is 46.9 Å². The number of nitrogens with one attached hydrogen (secondary N) is 1. The van der Waals surface area contributed by atoms with Crippen LogP contribution in [0.4, 0.5) is 5.69 Å². The molecule has 126 valence electrons. The summed E-state index contributed by atoms with van der Waals surface area (Å²) in [6.45, 7) is 0. The van der Waals surface area contributed by atoms with Gasteiger partial charge < -0.3 is 9.88 Å². The third-order valence-electron chi connectivity index (χ3n) is 4.20. The van der Waals surface area contributed by atoms with Crippen LogP contribution in [0.25, 0.3) is 0 Å². The zero-order valence-electron chi connectivity index (χ0n) is 13.4. The largest absolute Gasteiger partial charge is 0.334 e. The van der Waals surface area contributed by atoms with Crippen LogP contribution in [0.15, 0.2) is 61.1 Å². The van der Waals surface area contributed by atoms with Crippen molar-refractivity contribution in [1.82, 2.24) is 9.55 Å². The van der Waals surface area contributed by atoms with Gasteiger partial charge >= 0.3 is 0 Å². The maximum Gasteiger partial charge on any atom is 0.228 e. The predicted molar refractivity (Wildman–Crippen MR) is 102 cm³/mol. The summed E-state index contributed by atoms with van der Waals surface area (Å²) in [6, 6.07) is 13.2. The van der Waals surface area contributed by atoms with Crippen molar-refractivity contribution >= 4 is 35.0 Å². The summed E-state index contributed by atoms with van der Waals surface area (Å²) in [4.78, 5) is 16.6. The molecule has 4 rings (SSSR count). The Labute approximate surface area is 155 Å². The molecular formula is C19H16ClN3OS. The number of rotatable bonds is 4. The molecule has 0 spiro atoms. The Balaban J connectivity index is 1.48. The van der Waals surface area contributed by atoms with Crippen LogP contribution in [0.3, 0.4) is 0 Å². The third kappa shape index (κ3) is 3.43. The molecule has 1 amide bonds. The van der Waals surface area contributed by atoms with Gasteiger partial charge in [0, 0.05) is 46.3 Å². The highest BCUT2D eigenvalue weighted by atomic mass is 35.5. The van der Waals surface area contributed by atoms with E-state index in [9.17, 15) is 4.79 Å². The van der Waals surface area contributed by atoms with Crippen LogP contribution >= 0.6 is 23.4 Å². The van der Waals surface area contributed by atoms with Gasteiger partial charge in [-0.15, -0.1) is 11.8 Å². The molecule has 1 unspecified atom stereocenters. The molecule has 4 nitrogen and oxygen atoms in total. The van der Waals surface area contributed by atoms with E-state index in [2.05, 4.69) is 27.1 Å². The van der Waals surface area contributed by atoms with Crippen molar-refractivity contribution in [3.63, 3.8) is 0 Å². The molecule has 2 aromatic heterocycles. The lowest BCUT2D eigenvalue weighted by Gasteiger charge is -2.12. The summed E-state index contributed by atoms with van der Waals surface area (Å²) in [7, 11) is 0. The maximum atomic E-state index is 12.3. The van der Waals surface area contributed by atoms with Gasteiger partial charge in [-0.2, -0.15) is 0 Å². The molecule has 0 saturated carbocycles. The summed E-state index contributed by atoms with van der Waals surface area (Å²) >= 11 is 7.72. The summed E-state index contributed by atoms with van der Waals surface area (Å²) < 4.78 is 2.24. The minimum absolute atomic E-state index is 0.0221. The molecule has 6 heteroatoms. The van der Waals surface area contributed by atoms with Gasteiger partial charge in [0.1, 0.15) is 5.37 Å². The van der Waals surface area contributed by atoms with Gasteiger partial charge in [-0.05, 0) is 42.0 Å². The van der Waals surface area contributed by atoms with Crippen molar-refractivity contribution in [2.45, 2.75) is 17.5 Å². The predicted octanol–water partition coefficient (Wildman–Crippen LogP) is 4.51. The molecule has 25 heavy (non-hydrogen) atoms. The lowest BCUT2D eigenvalue weighted by atomic mass is 10.1. The molecule has 0 radical (unpaired) electrons. The van der Waals surface area contributed by atoms with Crippen LogP contribution in [0, 0.1) is 0 Å². The first-order chi connectivity index (χ1) is 12.2.